The number of carbonyl (C=O) groups is 2. The van der Waals surface area contributed by atoms with Gasteiger partial charge < -0.3 is 56.5 Å². The summed E-state index contributed by atoms with van der Waals surface area (Å²) in [5, 5.41) is 36.7. The van der Waals surface area contributed by atoms with E-state index in [1.165, 1.54) is 0 Å². The van der Waals surface area contributed by atoms with E-state index in [2.05, 4.69) is 51.4 Å². The highest BCUT2D eigenvalue weighted by Crippen LogP contribution is 2.20. The summed E-state index contributed by atoms with van der Waals surface area (Å²) < 4.78 is 0. The Morgan fingerprint density at radius 2 is 0.673 bits per heavy atom. The quantitative estimate of drug-likeness (QED) is 0.0470. The first kappa shape index (κ1) is 41.3. The maximum absolute atomic E-state index is 12.8. The largest absolute Gasteiger partial charge is 0.369 e. The van der Waals surface area contributed by atoms with Gasteiger partial charge in [-0.25, -0.2) is 0 Å². The van der Waals surface area contributed by atoms with Crippen molar-refractivity contribution in [1.82, 2.24) is 0 Å². The minimum atomic E-state index is -0.195. The smallest absolute Gasteiger partial charge is 0.224 e. The van der Waals surface area contributed by atoms with Gasteiger partial charge in [-0.3, -0.25) is 9.59 Å². The molecule has 2 aromatic rings. The van der Waals surface area contributed by atoms with Crippen molar-refractivity contribution in [3.63, 3.8) is 0 Å². The van der Waals surface area contributed by atoms with Crippen LogP contribution in [-0.4, -0.2) is 58.5 Å². The van der Waals surface area contributed by atoms with E-state index < -0.39 is 0 Å². The second kappa shape index (κ2) is 20.6. The molecule has 2 aromatic carbocycles. The van der Waals surface area contributed by atoms with Crippen molar-refractivity contribution in [1.29, 1.82) is 0 Å². The molecule has 2 rings (SSSR count). The van der Waals surface area contributed by atoms with Crippen molar-refractivity contribution < 1.29 is 9.59 Å². The molecule has 0 bridgehead atoms. The van der Waals surface area contributed by atoms with Gasteiger partial charge in [0.2, 0.25) is 35.7 Å². The zero-order chi connectivity index (χ0) is 38.8. The minimum Gasteiger partial charge on any atom is -0.369 e. The number of hydrogen-bond acceptors (Lipinski definition) is 10. The predicted octanol–water partition coefficient (Wildman–Crippen LogP) is 0.594. The van der Waals surface area contributed by atoms with Crippen molar-refractivity contribution >= 4 is 69.9 Å². The molecule has 0 aliphatic heterocycles. The van der Waals surface area contributed by atoms with Crippen LogP contribution in [0.3, 0.4) is 0 Å². The molecule has 278 valence electrons. The van der Waals surface area contributed by atoms with E-state index >= 15 is 0 Å². The van der Waals surface area contributed by atoms with Gasteiger partial charge in [0.1, 0.15) is 0 Å². The van der Waals surface area contributed by atoms with Crippen LogP contribution in [-0.2, 0) is 9.59 Å². The normalized spacial score (nSPS) is 12.0. The Balaban J connectivity index is 2.02. The molecule has 18 N–H and O–H groups in total. The van der Waals surface area contributed by atoms with Gasteiger partial charge in [0.25, 0.3) is 0 Å². The maximum atomic E-state index is 12.8. The van der Waals surface area contributed by atoms with E-state index in [0.717, 1.165) is 12.8 Å². The summed E-state index contributed by atoms with van der Waals surface area (Å²) in [4.78, 5) is 25.7. The van der Waals surface area contributed by atoms with E-state index in [1.54, 1.807) is 64.1 Å². The zero-order valence-electron chi connectivity index (χ0n) is 29.7. The highest BCUT2D eigenvalue weighted by atomic mass is 16.2. The van der Waals surface area contributed by atoms with Crippen molar-refractivity contribution in [2.75, 3.05) is 10.6 Å². The van der Waals surface area contributed by atoms with Crippen LogP contribution in [0.15, 0.2) is 77.2 Å². The molecule has 0 fully saturated rings. The molecule has 0 unspecified atom stereocenters. The summed E-state index contributed by atoms with van der Waals surface area (Å²) in [5.74, 6) is -1.16. The Hall–Kier alpha value is -6.86. The molecule has 52 heavy (non-hydrogen) atoms. The van der Waals surface area contributed by atoms with Crippen molar-refractivity contribution in [3.8, 4) is 0 Å². The molecule has 20 heteroatoms. The average molecular weight is 717 g/mol. The highest BCUT2D eigenvalue weighted by molar-refractivity contribution is 6.07. The van der Waals surface area contributed by atoms with Gasteiger partial charge in [-0.1, -0.05) is 12.8 Å². The standard InChI is InChI=1S/C32H48N18O2/c1-17(43-47-29(33)34)21-11-22(18(2)44-48-30(35)36)14-25(13-21)41-27(51)9-7-5-6-8-10-28(52)42-26-15-23(19(3)45-49-31(37)38)12-24(16-26)20(4)46-50-32(39)40/h11-16H,5-10H2,1-4H3,(H,41,51)(H,42,52)(H4,33,34,47)(H4,35,36,48)(H4,37,38,49)(H4,39,40,50). The number of rotatable bonds is 17. The number of unbranched alkanes of at least 4 members (excludes halogenated alkanes) is 3. The molecular weight excluding hydrogens is 668 g/mol. The molecule has 0 atom stereocenters. The van der Waals surface area contributed by atoms with Crippen LogP contribution in [0.25, 0.3) is 0 Å². The summed E-state index contributed by atoms with van der Waals surface area (Å²) in [6, 6.07) is 10.5. The summed E-state index contributed by atoms with van der Waals surface area (Å²) >= 11 is 0. The molecule has 0 aliphatic carbocycles. The fourth-order valence-electron chi connectivity index (χ4n) is 4.37. The molecule has 0 saturated heterocycles. The lowest BCUT2D eigenvalue weighted by molar-refractivity contribution is -0.117. The molecule has 0 spiro atoms. The van der Waals surface area contributed by atoms with Crippen LogP contribution >= 0.6 is 0 Å². The monoisotopic (exact) mass is 716 g/mol. The van der Waals surface area contributed by atoms with Crippen LogP contribution in [0.4, 0.5) is 11.4 Å². The Labute approximate surface area is 301 Å². The van der Waals surface area contributed by atoms with Gasteiger partial charge in [0, 0.05) is 46.5 Å². The molecule has 0 saturated carbocycles. The third-order valence-corrected chi connectivity index (χ3v) is 6.92. The fraction of sp³-hybridized carbons (Fsp3) is 0.312. The molecule has 20 nitrogen and oxygen atoms in total. The maximum Gasteiger partial charge on any atom is 0.224 e. The topological polar surface area (TPSA) is 365 Å². The third kappa shape index (κ3) is 15.6. The number of anilines is 2. The second-order valence-electron chi connectivity index (χ2n) is 11.4. The molecule has 0 aliphatic rings. The number of benzene rings is 2. The Morgan fingerprint density at radius 3 is 0.904 bits per heavy atom. The van der Waals surface area contributed by atoms with Crippen LogP contribution in [0, 0.1) is 0 Å². The van der Waals surface area contributed by atoms with Crippen LogP contribution in [0.2, 0.25) is 0 Å². The zero-order valence-corrected chi connectivity index (χ0v) is 29.7. The fourth-order valence-corrected chi connectivity index (χ4v) is 4.37. The van der Waals surface area contributed by atoms with Gasteiger partial charge >= 0.3 is 0 Å². The van der Waals surface area contributed by atoms with Gasteiger partial charge in [-0.2, -0.15) is 20.4 Å². The molecule has 0 aromatic heterocycles. The van der Waals surface area contributed by atoms with Gasteiger partial charge in [0.05, 0.1) is 22.8 Å². The van der Waals surface area contributed by atoms with Gasteiger partial charge in [-0.05, 0) is 76.9 Å². The lowest BCUT2D eigenvalue weighted by Crippen LogP contribution is -2.22. The van der Waals surface area contributed by atoms with E-state index in [1.807, 2.05) is 0 Å². The number of amides is 2. The predicted molar refractivity (Wildman–Crippen MR) is 210 cm³/mol. The second-order valence-corrected chi connectivity index (χ2v) is 11.4. The highest BCUT2D eigenvalue weighted by Gasteiger charge is 2.12. The lowest BCUT2D eigenvalue weighted by Gasteiger charge is -2.11. The Kier molecular flexibility index (Phi) is 16.4. The van der Waals surface area contributed by atoms with Crippen LogP contribution < -0.4 is 56.5 Å². The molecule has 0 heterocycles. The number of nitrogens with one attached hydrogen (secondary N) is 2. The molecule has 2 amide bonds. The first-order valence-electron chi connectivity index (χ1n) is 16.0. The SMILES string of the molecule is CC(=NN=C(N)N)c1cc(NC(=O)CCCCCCC(=O)Nc2cc(C(C)=NN=C(N)N)cc(C(C)=NN=C(N)N)c2)cc(C(C)=NN=C(N)N)c1. The van der Waals surface area contributed by atoms with Crippen LogP contribution in [0.5, 0.6) is 0 Å². The van der Waals surface area contributed by atoms with Gasteiger partial charge in [0.15, 0.2) is 0 Å². The van der Waals surface area contributed by atoms with Crippen LogP contribution in [0.1, 0.15) is 88.5 Å². The first-order chi connectivity index (χ1) is 24.5. The van der Waals surface area contributed by atoms with E-state index in [9.17, 15) is 9.59 Å². The average Bonchev–Trinajstić information content (AvgIpc) is 3.08. The lowest BCUT2D eigenvalue weighted by atomic mass is 10.0. The first-order valence-corrected chi connectivity index (χ1v) is 16.0. The number of carbonyl (C=O) groups excluding carboxylic acids is 2. The summed E-state index contributed by atoms with van der Waals surface area (Å²) in [6.07, 6.45) is 3.24. The number of hydrogen-bond donors (Lipinski definition) is 10. The van der Waals surface area contributed by atoms with E-state index in [0.29, 0.717) is 69.3 Å². The summed E-state index contributed by atoms with van der Waals surface area (Å²) in [5.41, 5.74) is 48.8. The van der Waals surface area contributed by atoms with E-state index in [4.69, 9.17) is 45.9 Å². The number of nitrogens with zero attached hydrogens (tertiary/aromatic N) is 8. The van der Waals surface area contributed by atoms with E-state index in [-0.39, 0.29) is 48.5 Å². The summed E-state index contributed by atoms with van der Waals surface area (Å²) in [6.45, 7) is 6.87. The third-order valence-electron chi connectivity index (χ3n) is 6.92. The van der Waals surface area contributed by atoms with Gasteiger partial charge in [-0.15, -0.1) is 20.4 Å². The van der Waals surface area contributed by atoms with Crippen molar-refractivity contribution in [2.24, 2.45) is 86.7 Å². The number of guanidine groups is 4. The number of nitrogens with two attached hydrogens (primary N) is 8. The van der Waals surface area contributed by atoms with Crippen molar-refractivity contribution in [2.45, 2.75) is 66.2 Å². The Morgan fingerprint density at radius 1 is 0.423 bits per heavy atom. The molecule has 0 radical (unpaired) electrons. The van der Waals surface area contributed by atoms with Crippen molar-refractivity contribution in [3.05, 3.63) is 58.7 Å². The molecular formula is C32H48N18O2. The Bertz CT molecular complexity index is 1600. The summed E-state index contributed by atoms with van der Waals surface area (Å²) in [7, 11) is 0. The minimum absolute atomic E-state index is 0.188.